The molecule has 3 aromatic carbocycles. The molecule has 9 nitrogen and oxygen atoms in total. The second-order valence-corrected chi connectivity index (χ2v) is 12.9. The number of benzene rings is 3. The van der Waals surface area contributed by atoms with Crippen molar-refractivity contribution in [3.63, 3.8) is 0 Å². The number of aromatic carboxylic acids is 1. The summed E-state index contributed by atoms with van der Waals surface area (Å²) in [6.07, 6.45) is 3.03. The van der Waals surface area contributed by atoms with E-state index in [9.17, 15) is 19.1 Å². The standard InChI is InChI=1S/C37H35ClFN5O4/c1-20-18-43(31-19-41(4)30-15-8-23(37(46)47)17-28(30)31)36(45)35-26(7-6-16-48-25-11-9-24(39)10-12-25)27-13-14-29(38)33(34(27)44(20)35)32-21(2)40-42(5)22(32)3/h8-15,17,19-20H,6-7,16,18H2,1-5H3,(H,46,47). The van der Waals surface area contributed by atoms with Gasteiger partial charge in [-0.25, -0.2) is 9.18 Å². The third-order valence-corrected chi connectivity index (χ3v) is 9.79. The van der Waals surface area contributed by atoms with Crippen LogP contribution in [-0.2, 0) is 20.5 Å². The predicted octanol–water partition coefficient (Wildman–Crippen LogP) is 7.87. The molecule has 1 amide bonds. The molecule has 1 aliphatic rings. The summed E-state index contributed by atoms with van der Waals surface area (Å²) >= 11 is 7.02. The van der Waals surface area contributed by atoms with Gasteiger partial charge in [0.15, 0.2) is 0 Å². The van der Waals surface area contributed by atoms with Crippen LogP contribution in [0.15, 0.2) is 60.8 Å². The molecule has 1 atom stereocenters. The number of carboxylic acids is 1. The van der Waals surface area contributed by atoms with Crippen molar-refractivity contribution < 1.29 is 23.8 Å². The predicted molar refractivity (Wildman–Crippen MR) is 185 cm³/mol. The van der Waals surface area contributed by atoms with Crippen molar-refractivity contribution in [1.82, 2.24) is 18.9 Å². The van der Waals surface area contributed by atoms with Gasteiger partial charge < -0.3 is 23.9 Å². The number of hydrogen-bond donors (Lipinski definition) is 1. The van der Waals surface area contributed by atoms with E-state index in [1.54, 1.807) is 35.2 Å². The van der Waals surface area contributed by atoms with Gasteiger partial charge in [0.05, 0.1) is 34.1 Å². The molecule has 1 aliphatic heterocycles. The van der Waals surface area contributed by atoms with Gasteiger partial charge in [-0.05, 0) is 87.7 Å². The number of ether oxygens (including phenoxy) is 1. The van der Waals surface area contributed by atoms with E-state index >= 15 is 0 Å². The highest BCUT2D eigenvalue weighted by atomic mass is 35.5. The lowest BCUT2D eigenvalue weighted by Gasteiger charge is -2.34. The molecule has 0 saturated heterocycles. The third-order valence-electron chi connectivity index (χ3n) is 9.47. The number of aryl methyl sites for hydroxylation is 4. The Labute approximate surface area is 281 Å². The average Bonchev–Trinajstić information content (AvgIpc) is 3.66. The zero-order chi connectivity index (χ0) is 34.0. The highest BCUT2D eigenvalue weighted by Gasteiger charge is 2.37. The number of anilines is 1. The number of rotatable bonds is 8. The molecule has 6 aromatic rings. The SMILES string of the molecule is Cc1nn(C)c(C)c1-c1c(Cl)ccc2c(CCCOc3ccc(F)cc3)c3n(c12)C(C)CN(c1cn(C)c2ccc(C(=O)O)cc12)C3=O. The highest BCUT2D eigenvalue weighted by molar-refractivity contribution is 6.35. The fraction of sp³-hybridized carbons (Fsp3) is 0.270. The first-order chi connectivity index (χ1) is 23.0. The van der Waals surface area contributed by atoms with Crippen molar-refractivity contribution in [3.8, 4) is 16.9 Å². The molecule has 3 aromatic heterocycles. The molecular formula is C37H35ClFN5O4. The maximum Gasteiger partial charge on any atom is 0.335 e. The van der Waals surface area contributed by atoms with E-state index in [-0.39, 0.29) is 23.3 Å². The first kappa shape index (κ1) is 31.5. The summed E-state index contributed by atoms with van der Waals surface area (Å²) < 4.78 is 25.3. The van der Waals surface area contributed by atoms with Crippen molar-refractivity contribution in [3.05, 3.63) is 99.8 Å². The number of aromatic nitrogens is 4. The molecule has 0 aliphatic carbocycles. The number of carbonyl (C=O) groups is 2. The molecule has 0 bridgehead atoms. The Morgan fingerprint density at radius 1 is 1.06 bits per heavy atom. The van der Waals surface area contributed by atoms with Crippen molar-refractivity contribution in [2.45, 2.75) is 39.7 Å². The van der Waals surface area contributed by atoms with Gasteiger partial charge in [-0.15, -0.1) is 0 Å². The second-order valence-electron chi connectivity index (χ2n) is 12.5. The molecular weight excluding hydrogens is 633 g/mol. The van der Waals surface area contributed by atoms with Gasteiger partial charge in [-0.2, -0.15) is 5.10 Å². The number of hydrogen-bond acceptors (Lipinski definition) is 4. The van der Waals surface area contributed by atoms with Crippen molar-refractivity contribution in [2.75, 3.05) is 18.1 Å². The van der Waals surface area contributed by atoms with Crippen LogP contribution in [0.25, 0.3) is 32.9 Å². The van der Waals surface area contributed by atoms with Crippen molar-refractivity contribution in [2.24, 2.45) is 14.1 Å². The lowest BCUT2D eigenvalue weighted by atomic mass is 9.98. The Morgan fingerprint density at radius 3 is 2.50 bits per heavy atom. The van der Waals surface area contributed by atoms with Crippen LogP contribution in [0.2, 0.25) is 5.02 Å². The summed E-state index contributed by atoms with van der Waals surface area (Å²) in [6, 6.07) is 14.6. The van der Waals surface area contributed by atoms with E-state index in [0.29, 0.717) is 53.5 Å². The van der Waals surface area contributed by atoms with Crippen LogP contribution in [-0.4, -0.2) is 49.0 Å². The molecule has 48 heavy (non-hydrogen) atoms. The number of carboxylic acid groups (broad SMARTS) is 1. The van der Waals surface area contributed by atoms with Crippen LogP contribution in [0.4, 0.5) is 10.1 Å². The molecule has 0 spiro atoms. The molecule has 0 saturated carbocycles. The fourth-order valence-corrected chi connectivity index (χ4v) is 7.44. The van der Waals surface area contributed by atoms with Gasteiger partial charge in [0.2, 0.25) is 0 Å². The first-order valence-corrected chi connectivity index (χ1v) is 16.2. The molecule has 246 valence electrons. The minimum Gasteiger partial charge on any atom is -0.494 e. The quantitative estimate of drug-likeness (QED) is 0.167. The minimum atomic E-state index is -1.03. The van der Waals surface area contributed by atoms with Crippen LogP contribution in [0.5, 0.6) is 5.75 Å². The topological polar surface area (TPSA) is 94.5 Å². The van der Waals surface area contributed by atoms with Gasteiger partial charge >= 0.3 is 5.97 Å². The Hall–Kier alpha value is -5.09. The Kier molecular flexibility index (Phi) is 7.78. The van der Waals surface area contributed by atoms with Gasteiger partial charge in [0.1, 0.15) is 17.3 Å². The lowest BCUT2D eigenvalue weighted by molar-refractivity contribution is 0.0696. The maximum atomic E-state index is 14.8. The summed E-state index contributed by atoms with van der Waals surface area (Å²) in [4.78, 5) is 28.5. The van der Waals surface area contributed by atoms with Crippen LogP contribution in [0.1, 0.15) is 57.2 Å². The van der Waals surface area contributed by atoms with E-state index in [1.165, 1.54) is 12.1 Å². The Bertz CT molecular complexity index is 2270. The van der Waals surface area contributed by atoms with E-state index in [2.05, 4.69) is 16.6 Å². The summed E-state index contributed by atoms with van der Waals surface area (Å²) in [7, 11) is 3.80. The van der Waals surface area contributed by atoms with Crippen LogP contribution in [0.3, 0.4) is 0 Å². The second kappa shape index (κ2) is 11.9. The average molecular weight is 668 g/mol. The normalized spacial score (nSPS) is 14.7. The number of amides is 1. The van der Waals surface area contributed by atoms with Gasteiger partial charge in [-0.3, -0.25) is 9.48 Å². The van der Waals surface area contributed by atoms with Crippen LogP contribution >= 0.6 is 11.6 Å². The molecule has 1 N–H and O–H groups in total. The highest BCUT2D eigenvalue weighted by Crippen LogP contribution is 2.45. The van der Waals surface area contributed by atoms with Crippen LogP contribution < -0.4 is 9.64 Å². The molecule has 7 rings (SSSR count). The van der Waals surface area contributed by atoms with Crippen molar-refractivity contribution >= 4 is 51.0 Å². The largest absolute Gasteiger partial charge is 0.494 e. The van der Waals surface area contributed by atoms with Gasteiger partial charge in [-0.1, -0.05) is 17.7 Å². The van der Waals surface area contributed by atoms with Crippen LogP contribution in [0, 0.1) is 19.7 Å². The smallest absolute Gasteiger partial charge is 0.335 e. The summed E-state index contributed by atoms with van der Waals surface area (Å²) in [5.41, 5.74) is 7.58. The minimum absolute atomic E-state index is 0.156. The Balaban J connectivity index is 1.39. The van der Waals surface area contributed by atoms with Gasteiger partial charge in [0.25, 0.3) is 5.91 Å². The first-order valence-electron chi connectivity index (χ1n) is 15.8. The summed E-state index contributed by atoms with van der Waals surface area (Å²) in [6.45, 7) is 6.81. The zero-order valence-electron chi connectivity index (χ0n) is 27.3. The molecule has 11 heteroatoms. The zero-order valence-corrected chi connectivity index (χ0v) is 28.1. The number of carbonyl (C=O) groups excluding carboxylic acids is 1. The summed E-state index contributed by atoms with van der Waals surface area (Å²) in [5, 5.41) is 16.6. The molecule has 0 fully saturated rings. The lowest BCUT2D eigenvalue weighted by Crippen LogP contribution is -2.42. The number of nitrogens with zero attached hydrogens (tertiary/aromatic N) is 5. The molecule has 0 radical (unpaired) electrons. The fourth-order valence-electron chi connectivity index (χ4n) is 7.20. The maximum absolute atomic E-state index is 14.8. The number of halogens is 2. The monoisotopic (exact) mass is 667 g/mol. The van der Waals surface area contributed by atoms with E-state index in [0.717, 1.165) is 44.5 Å². The molecule has 4 heterocycles. The number of fused-ring (bicyclic) bond motifs is 4. The summed E-state index contributed by atoms with van der Waals surface area (Å²) in [5.74, 6) is -0.955. The van der Waals surface area contributed by atoms with Gasteiger partial charge in [0, 0.05) is 66.0 Å². The third kappa shape index (κ3) is 5.02. The van der Waals surface area contributed by atoms with E-state index in [1.807, 2.05) is 55.5 Å². The Morgan fingerprint density at radius 2 is 1.81 bits per heavy atom. The van der Waals surface area contributed by atoms with Crippen molar-refractivity contribution in [1.29, 1.82) is 0 Å². The van der Waals surface area contributed by atoms with E-state index in [4.69, 9.17) is 16.3 Å². The molecule has 1 unspecified atom stereocenters. The van der Waals surface area contributed by atoms with E-state index < -0.39 is 5.97 Å².